The molecule has 0 amide bonds. The van der Waals surface area contributed by atoms with Gasteiger partial charge in [-0.05, 0) is 32.0 Å². The molecular weight excluding hydrogens is 240 g/mol. The fourth-order valence-corrected chi connectivity index (χ4v) is 1.90. The normalized spacial score (nSPS) is 12.2. The molecule has 0 aromatic heterocycles. The molecular formula is C15H22N2O2. The van der Waals surface area contributed by atoms with Crippen LogP contribution in [0.3, 0.4) is 0 Å². The van der Waals surface area contributed by atoms with Crippen molar-refractivity contribution in [3.8, 4) is 11.8 Å². The topological polar surface area (TPSA) is 56.5 Å². The SMILES string of the molecule is CCN(CC#N)CC(O)COc1ccc(C)cc1C. The molecule has 104 valence electrons. The molecule has 0 radical (unpaired) electrons. The second-order valence-electron chi connectivity index (χ2n) is 4.72. The summed E-state index contributed by atoms with van der Waals surface area (Å²) in [5.74, 6) is 0.799. The third-order valence-electron chi connectivity index (χ3n) is 2.97. The molecule has 0 fully saturated rings. The van der Waals surface area contributed by atoms with Crippen molar-refractivity contribution >= 4 is 0 Å². The monoisotopic (exact) mass is 262 g/mol. The molecule has 1 aromatic rings. The van der Waals surface area contributed by atoms with Crippen molar-refractivity contribution in [1.29, 1.82) is 5.26 Å². The van der Waals surface area contributed by atoms with Crippen molar-refractivity contribution in [2.24, 2.45) is 0 Å². The van der Waals surface area contributed by atoms with Crippen molar-refractivity contribution in [3.05, 3.63) is 29.3 Å². The van der Waals surface area contributed by atoms with Gasteiger partial charge in [-0.25, -0.2) is 0 Å². The predicted molar refractivity (Wildman–Crippen MR) is 75.1 cm³/mol. The number of benzene rings is 1. The molecule has 1 atom stereocenters. The Balaban J connectivity index is 2.45. The smallest absolute Gasteiger partial charge is 0.122 e. The second kappa shape index (κ2) is 7.78. The molecule has 0 bridgehead atoms. The first kappa shape index (κ1) is 15.5. The number of nitrogens with zero attached hydrogens (tertiary/aromatic N) is 2. The van der Waals surface area contributed by atoms with E-state index in [4.69, 9.17) is 10.00 Å². The number of aliphatic hydroxyl groups is 1. The van der Waals surface area contributed by atoms with Crippen LogP contribution < -0.4 is 4.74 Å². The van der Waals surface area contributed by atoms with Gasteiger partial charge in [-0.1, -0.05) is 24.6 Å². The summed E-state index contributed by atoms with van der Waals surface area (Å²) in [5, 5.41) is 18.6. The molecule has 0 aliphatic carbocycles. The third-order valence-corrected chi connectivity index (χ3v) is 2.97. The van der Waals surface area contributed by atoms with Crippen LogP contribution in [0.2, 0.25) is 0 Å². The Morgan fingerprint density at radius 2 is 2.16 bits per heavy atom. The molecule has 0 aliphatic heterocycles. The molecule has 4 nitrogen and oxygen atoms in total. The summed E-state index contributed by atoms with van der Waals surface area (Å²) in [5.41, 5.74) is 2.26. The minimum absolute atomic E-state index is 0.242. The number of ether oxygens (including phenoxy) is 1. The Labute approximate surface area is 115 Å². The maximum atomic E-state index is 9.91. The largest absolute Gasteiger partial charge is 0.491 e. The average Bonchev–Trinajstić information content (AvgIpc) is 2.37. The van der Waals surface area contributed by atoms with Gasteiger partial charge in [-0.3, -0.25) is 4.90 Å². The summed E-state index contributed by atoms with van der Waals surface area (Å²) in [6, 6.07) is 8.05. The van der Waals surface area contributed by atoms with E-state index in [0.717, 1.165) is 17.9 Å². The van der Waals surface area contributed by atoms with E-state index in [1.54, 1.807) is 0 Å². The standard InChI is InChI=1S/C15H22N2O2/c1-4-17(8-7-16)10-14(18)11-19-15-6-5-12(2)9-13(15)3/h5-6,9,14,18H,4,8,10-11H2,1-3H3. The number of nitriles is 1. The molecule has 0 spiro atoms. The number of aliphatic hydroxyl groups excluding tert-OH is 1. The molecule has 0 saturated carbocycles. The van der Waals surface area contributed by atoms with Crippen LogP contribution in [0.15, 0.2) is 18.2 Å². The first-order valence-electron chi connectivity index (χ1n) is 6.54. The van der Waals surface area contributed by atoms with Crippen LogP contribution in [0.4, 0.5) is 0 Å². The molecule has 0 aliphatic rings. The molecule has 1 aromatic carbocycles. The van der Waals surface area contributed by atoms with Crippen LogP contribution in [0.5, 0.6) is 5.75 Å². The molecule has 1 rings (SSSR count). The van der Waals surface area contributed by atoms with Crippen molar-refractivity contribution in [2.75, 3.05) is 26.2 Å². The van der Waals surface area contributed by atoms with E-state index in [1.165, 1.54) is 5.56 Å². The summed E-state index contributed by atoms with van der Waals surface area (Å²) in [6.45, 7) is 7.76. The van der Waals surface area contributed by atoms with Gasteiger partial charge in [0, 0.05) is 6.54 Å². The van der Waals surface area contributed by atoms with E-state index in [0.29, 0.717) is 13.1 Å². The quantitative estimate of drug-likeness (QED) is 0.762. The lowest BCUT2D eigenvalue weighted by atomic mass is 10.1. The average molecular weight is 262 g/mol. The van der Waals surface area contributed by atoms with Gasteiger partial charge in [0.05, 0.1) is 12.6 Å². The Hall–Kier alpha value is -1.57. The highest BCUT2D eigenvalue weighted by molar-refractivity contribution is 5.35. The zero-order chi connectivity index (χ0) is 14.3. The van der Waals surface area contributed by atoms with Crippen molar-refractivity contribution in [3.63, 3.8) is 0 Å². The Kier molecular flexibility index (Phi) is 6.34. The van der Waals surface area contributed by atoms with E-state index in [2.05, 4.69) is 12.1 Å². The van der Waals surface area contributed by atoms with Crippen molar-refractivity contribution in [2.45, 2.75) is 26.9 Å². The van der Waals surface area contributed by atoms with E-state index in [-0.39, 0.29) is 6.61 Å². The summed E-state index contributed by atoms with van der Waals surface area (Å²) >= 11 is 0. The molecule has 0 saturated heterocycles. The molecule has 4 heteroatoms. The number of rotatable bonds is 7. The lowest BCUT2D eigenvalue weighted by Gasteiger charge is -2.21. The summed E-state index contributed by atoms with van der Waals surface area (Å²) in [4.78, 5) is 1.88. The number of aryl methyl sites for hydroxylation is 2. The molecule has 1 N–H and O–H groups in total. The number of hydrogen-bond donors (Lipinski definition) is 1. The van der Waals surface area contributed by atoms with Gasteiger partial charge in [-0.2, -0.15) is 5.26 Å². The van der Waals surface area contributed by atoms with E-state index >= 15 is 0 Å². The van der Waals surface area contributed by atoms with Gasteiger partial charge < -0.3 is 9.84 Å². The highest BCUT2D eigenvalue weighted by atomic mass is 16.5. The van der Waals surface area contributed by atoms with Crippen molar-refractivity contribution in [1.82, 2.24) is 4.90 Å². The lowest BCUT2D eigenvalue weighted by molar-refractivity contribution is 0.0738. The fourth-order valence-electron chi connectivity index (χ4n) is 1.90. The Morgan fingerprint density at radius 3 is 2.74 bits per heavy atom. The Morgan fingerprint density at radius 1 is 1.42 bits per heavy atom. The number of likely N-dealkylation sites (N-methyl/N-ethyl adjacent to an activating group) is 1. The highest BCUT2D eigenvalue weighted by Crippen LogP contribution is 2.18. The third kappa shape index (κ3) is 5.29. The first-order valence-corrected chi connectivity index (χ1v) is 6.54. The van der Waals surface area contributed by atoms with E-state index < -0.39 is 6.10 Å². The van der Waals surface area contributed by atoms with Crippen LogP contribution in [-0.4, -0.2) is 42.4 Å². The summed E-state index contributed by atoms with van der Waals surface area (Å²) in [7, 11) is 0. The predicted octanol–water partition coefficient (Wildman–Crippen LogP) is 1.89. The fraction of sp³-hybridized carbons (Fsp3) is 0.533. The first-order chi connectivity index (χ1) is 9.06. The zero-order valence-electron chi connectivity index (χ0n) is 11.9. The van der Waals surface area contributed by atoms with Gasteiger partial charge in [-0.15, -0.1) is 0 Å². The molecule has 19 heavy (non-hydrogen) atoms. The zero-order valence-corrected chi connectivity index (χ0v) is 11.9. The number of hydrogen-bond acceptors (Lipinski definition) is 4. The van der Waals surface area contributed by atoms with Gasteiger partial charge in [0.25, 0.3) is 0 Å². The second-order valence-corrected chi connectivity index (χ2v) is 4.72. The maximum absolute atomic E-state index is 9.91. The summed E-state index contributed by atoms with van der Waals surface area (Å²) < 4.78 is 5.62. The van der Waals surface area contributed by atoms with Crippen LogP contribution in [-0.2, 0) is 0 Å². The van der Waals surface area contributed by atoms with Gasteiger partial charge in [0.15, 0.2) is 0 Å². The van der Waals surface area contributed by atoms with Crippen molar-refractivity contribution < 1.29 is 9.84 Å². The summed E-state index contributed by atoms with van der Waals surface area (Å²) in [6.07, 6.45) is -0.589. The minimum atomic E-state index is -0.589. The maximum Gasteiger partial charge on any atom is 0.122 e. The van der Waals surface area contributed by atoms with E-state index in [1.807, 2.05) is 37.8 Å². The van der Waals surface area contributed by atoms with Crippen LogP contribution in [0.25, 0.3) is 0 Å². The van der Waals surface area contributed by atoms with Gasteiger partial charge in [0.2, 0.25) is 0 Å². The van der Waals surface area contributed by atoms with Crippen LogP contribution in [0.1, 0.15) is 18.1 Å². The van der Waals surface area contributed by atoms with Crippen LogP contribution >= 0.6 is 0 Å². The van der Waals surface area contributed by atoms with Crippen LogP contribution in [0, 0.1) is 25.2 Å². The van der Waals surface area contributed by atoms with Gasteiger partial charge >= 0.3 is 0 Å². The van der Waals surface area contributed by atoms with E-state index in [9.17, 15) is 5.11 Å². The van der Waals surface area contributed by atoms with Gasteiger partial charge in [0.1, 0.15) is 18.5 Å². The Bertz CT molecular complexity index is 440. The minimum Gasteiger partial charge on any atom is -0.491 e. The molecule has 1 unspecified atom stereocenters. The molecule has 0 heterocycles. The highest BCUT2D eigenvalue weighted by Gasteiger charge is 2.11. The lowest BCUT2D eigenvalue weighted by Crippen LogP contribution is -2.35.